The summed E-state index contributed by atoms with van der Waals surface area (Å²) >= 11 is 1.44. The summed E-state index contributed by atoms with van der Waals surface area (Å²) < 4.78 is 6.46. The fourth-order valence-electron chi connectivity index (χ4n) is 1.45. The van der Waals surface area contributed by atoms with E-state index in [1.807, 2.05) is 6.26 Å². The van der Waals surface area contributed by atoms with Crippen LogP contribution >= 0.6 is 11.8 Å². The molecule has 0 bridgehead atoms. The Kier molecular flexibility index (Phi) is 2.82. The molecule has 5 nitrogen and oxygen atoms in total. The third-order valence-corrected chi connectivity index (χ3v) is 2.86. The number of aromatic nitrogens is 3. The number of pyridine rings is 1. The molecule has 0 amide bonds. The van der Waals surface area contributed by atoms with Crippen LogP contribution in [0.2, 0.25) is 0 Å². The number of aryl methyl sites for hydroxylation is 1. The van der Waals surface area contributed by atoms with Crippen molar-refractivity contribution >= 4 is 22.8 Å². The summed E-state index contributed by atoms with van der Waals surface area (Å²) in [5, 5.41) is 1.43. The van der Waals surface area contributed by atoms with Gasteiger partial charge >= 0.3 is 0 Å². The standard InChI is InChI=1S/C10H11N3O2S/c1-13-8-6(4-7(15-2)9(13)14)5-11-10(12-8)16-3/h4-5H,1-3H3. The van der Waals surface area contributed by atoms with Gasteiger partial charge < -0.3 is 4.74 Å². The number of hydrogen-bond donors (Lipinski definition) is 0. The summed E-state index contributed by atoms with van der Waals surface area (Å²) in [4.78, 5) is 20.2. The Bertz CT molecular complexity index is 594. The molecule has 0 radical (unpaired) electrons. The van der Waals surface area contributed by atoms with E-state index >= 15 is 0 Å². The van der Waals surface area contributed by atoms with Gasteiger partial charge in [-0.3, -0.25) is 9.36 Å². The second-order valence-corrected chi connectivity index (χ2v) is 3.99. The summed E-state index contributed by atoms with van der Waals surface area (Å²) in [7, 11) is 3.14. The lowest BCUT2D eigenvalue weighted by Crippen LogP contribution is -2.19. The van der Waals surface area contributed by atoms with Gasteiger partial charge in [-0.1, -0.05) is 11.8 Å². The van der Waals surface area contributed by atoms with Gasteiger partial charge in [-0.2, -0.15) is 0 Å². The van der Waals surface area contributed by atoms with E-state index in [2.05, 4.69) is 9.97 Å². The number of thioether (sulfide) groups is 1. The van der Waals surface area contributed by atoms with Crippen molar-refractivity contribution in [1.82, 2.24) is 14.5 Å². The lowest BCUT2D eigenvalue weighted by molar-refractivity contribution is 0.406. The van der Waals surface area contributed by atoms with Crippen molar-refractivity contribution in [2.24, 2.45) is 7.05 Å². The molecule has 0 aromatic carbocycles. The highest BCUT2D eigenvalue weighted by molar-refractivity contribution is 7.98. The number of hydrogen-bond acceptors (Lipinski definition) is 5. The van der Waals surface area contributed by atoms with E-state index in [0.717, 1.165) is 5.39 Å². The van der Waals surface area contributed by atoms with E-state index in [4.69, 9.17) is 4.74 Å². The maximum Gasteiger partial charge on any atom is 0.294 e. The number of nitrogens with zero attached hydrogens (tertiary/aromatic N) is 3. The van der Waals surface area contributed by atoms with Crippen LogP contribution in [0.25, 0.3) is 11.0 Å². The lowest BCUT2D eigenvalue weighted by Gasteiger charge is -2.07. The minimum absolute atomic E-state index is 0.194. The Morgan fingerprint density at radius 1 is 1.50 bits per heavy atom. The molecule has 0 aliphatic rings. The lowest BCUT2D eigenvalue weighted by atomic mass is 10.3. The average molecular weight is 237 g/mol. The zero-order valence-electron chi connectivity index (χ0n) is 9.22. The summed E-state index contributed by atoms with van der Waals surface area (Å²) in [6, 6.07) is 1.65. The van der Waals surface area contributed by atoms with E-state index in [9.17, 15) is 4.79 Å². The monoisotopic (exact) mass is 237 g/mol. The first-order chi connectivity index (χ1) is 7.67. The molecule has 16 heavy (non-hydrogen) atoms. The average Bonchev–Trinajstić information content (AvgIpc) is 2.33. The van der Waals surface area contributed by atoms with Gasteiger partial charge in [0, 0.05) is 18.6 Å². The van der Waals surface area contributed by atoms with Crippen molar-refractivity contribution < 1.29 is 4.74 Å². The first-order valence-corrected chi connectivity index (χ1v) is 5.84. The molecule has 6 heteroatoms. The Morgan fingerprint density at radius 2 is 2.25 bits per heavy atom. The van der Waals surface area contributed by atoms with Gasteiger partial charge in [-0.05, 0) is 12.3 Å². The Balaban J connectivity index is 2.82. The highest BCUT2D eigenvalue weighted by atomic mass is 32.2. The molecule has 2 heterocycles. The van der Waals surface area contributed by atoms with Crippen LogP contribution in [-0.4, -0.2) is 27.9 Å². The highest BCUT2D eigenvalue weighted by Crippen LogP contribution is 2.16. The number of fused-ring (bicyclic) bond motifs is 1. The molecule has 2 aromatic heterocycles. The molecule has 0 fully saturated rings. The molecule has 0 aliphatic carbocycles. The van der Waals surface area contributed by atoms with Crippen molar-refractivity contribution in [2.45, 2.75) is 5.16 Å². The Morgan fingerprint density at radius 3 is 2.88 bits per heavy atom. The van der Waals surface area contributed by atoms with Crippen molar-refractivity contribution in [1.29, 1.82) is 0 Å². The van der Waals surface area contributed by atoms with Crippen LogP contribution in [0.1, 0.15) is 0 Å². The molecular weight excluding hydrogens is 226 g/mol. The molecule has 0 unspecified atom stereocenters. The normalized spacial score (nSPS) is 10.7. The largest absolute Gasteiger partial charge is 0.491 e. The maximum absolute atomic E-state index is 11.8. The van der Waals surface area contributed by atoms with Crippen LogP contribution in [0.3, 0.4) is 0 Å². The quantitative estimate of drug-likeness (QED) is 0.577. The first kappa shape index (κ1) is 10.9. The number of methoxy groups -OCH3 is 1. The van der Waals surface area contributed by atoms with Gasteiger partial charge in [-0.15, -0.1) is 0 Å². The van der Waals surface area contributed by atoms with Gasteiger partial charge in [-0.25, -0.2) is 9.97 Å². The van der Waals surface area contributed by atoms with Crippen molar-refractivity contribution in [2.75, 3.05) is 13.4 Å². The maximum atomic E-state index is 11.8. The molecule has 0 atom stereocenters. The van der Waals surface area contributed by atoms with Crippen molar-refractivity contribution in [3.05, 3.63) is 22.6 Å². The predicted molar refractivity (Wildman–Crippen MR) is 63.1 cm³/mol. The summed E-state index contributed by atoms with van der Waals surface area (Å²) in [6.07, 6.45) is 3.58. The van der Waals surface area contributed by atoms with Gasteiger partial charge in [0.15, 0.2) is 10.9 Å². The fourth-order valence-corrected chi connectivity index (χ4v) is 1.78. The molecule has 2 rings (SSSR count). The molecule has 0 N–H and O–H groups in total. The molecule has 0 saturated heterocycles. The third kappa shape index (κ3) is 1.65. The molecule has 0 spiro atoms. The molecule has 84 valence electrons. The number of rotatable bonds is 2. The second kappa shape index (κ2) is 4.13. The van der Waals surface area contributed by atoms with Crippen molar-refractivity contribution in [3.63, 3.8) is 0 Å². The number of ether oxygens (including phenoxy) is 1. The second-order valence-electron chi connectivity index (χ2n) is 3.21. The summed E-state index contributed by atoms with van der Waals surface area (Å²) in [6.45, 7) is 0. The van der Waals surface area contributed by atoms with Gasteiger partial charge in [0.05, 0.1) is 7.11 Å². The molecule has 0 saturated carbocycles. The van der Waals surface area contributed by atoms with E-state index in [1.165, 1.54) is 23.4 Å². The van der Waals surface area contributed by atoms with E-state index < -0.39 is 0 Å². The minimum Gasteiger partial charge on any atom is -0.491 e. The van der Waals surface area contributed by atoms with E-state index in [-0.39, 0.29) is 5.56 Å². The van der Waals surface area contributed by atoms with Crippen LogP contribution in [0.15, 0.2) is 22.2 Å². The third-order valence-electron chi connectivity index (χ3n) is 2.30. The van der Waals surface area contributed by atoms with E-state index in [0.29, 0.717) is 16.6 Å². The summed E-state index contributed by atoms with van der Waals surface area (Å²) in [5.41, 5.74) is 0.422. The predicted octanol–water partition coefficient (Wildman–Crippen LogP) is 1.06. The fraction of sp³-hybridized carbons (Fsp3) is 0.300. The summed E-state index contributed by atoms with van der Waals surface area (Å²) in [5.74, 6) is 0.301. The van der Waals surface area contributed by atoms with Gasteiger partial charge in [0.25, 0.3) is 5.56 Å². The molecule has 0 aliphatic heterocycles. The Labute approximate surface area is 96.5 Å². The Hall–Kier alpha value is -1.56. The van der Waals surface area contributed by atoms with Crippen molar-refractivity contribution in [3.8, 4) is 5.75 Å². The minimum atomic E-state index is -0.194. The van der Waals surface area contributed by atoms with Crippen LogP contribution in [0.4, 0.5) is 0 Å². The zero-order chi connectivity index (χ0) is 11.7. The zero-order valence-corrected chi connectivity index (χ0v) is 10.0. The van der Waals surface area contributed by atoms with E-state index in [1.54, 1.807) is 19.3 Å². The topological polar surface area (TPSA) is 57.0 Å². The molecular formula is C10H11N3O2S. The van der Waals surface area contributed by atoms with Gasteiger partial charge in [0.2, 0.25) is 0 Å². The SMILES string of the molecule is COc1cc2cnc(SC)nc2n(C)c1=O. The highest BCUT2D eigenvalue weighted by Gasteiger charge is 2.08. The molecule has 2 aromatic rings. The van der Waals surface area contributed by atoms with Crippen LogP contribution < -0.4 is 10.3 Å². The van der Waals surface area contributed by atoms with Crippen LogP contribution in [0.5, 0.6) is 5.75 Å². The van der Waals surface area contributed by atoms with Gasteiger partial charge in [0.1, 0.15) is 5.65 Å². The first-order valence-electron chi connectivity index (χ1n) is 4.62. The van der Waals surface area contributed by atoms with Crippen LogP contribution in [-0.2, 0) is 7.05 Å². The van der Waals surface area contributed by atoms with Crippen LogP contribution in [0, 0.1) is 0 Å². The smallest absolute Gasteiger partial charge is 0.294 e.